The molecule has 0 unspecified atom stereocenters. The number of carboxylic acid groups (broad SMARTS) is 1. The Labute approximate surface area is 92.2 Å². The van der Waals surface area contributed by atoms with Crippen LogP contribution in [0.2, 0.25) is 0 Å². The van der Waals surface area contributed by atoms with Crippen molar-refractivity contribution < 1.29 is 9.90 Å². The Hall–Kier alpha value is -1.42. The predicted octanol–water partition coefficient (Wildman–Crippen LogP) is 2.51. The number of fused-ring (bicyclic) bond motifs is 1. The van der Waals surface area contributed by atoms with Crippen molar-refractivity contribution in [3.05, 3.63) is 42.6 Å². The molecule has 0 aliphatic rings. The lowest BCUT2D eigenvalue weighted by Gasteiger charge is -1.91. The molecule has 0 saturated carbocycles. The highest BCUT2D eigenvalue weighted by atomic mass is 79.9. The molecule has 0 saturated heterocycles. The molecule has 3 nitrogen and oxygen atoms in total. The topological polar surface area (TPSA) is 50.2 Å². The first kappa shape index (κ1) is 12.6. The Morgan fingerprint density at radius 3 is 2.36 bits per heavy atom. The first-order valence-electron chi connectivity index (χ1n) is 3.76. The molecule has 0 radical (unpaired) electrons. The number of nitrogens with zero attached hydrogens (tertiary/aromatic N) is 1. The molecular weight excluding hydrogens is 246 g/mol. The summed E-state index contributed by atoms with van der Waals surface area (Å²) in [5.41, 5.74) is 1.06. The summed E-state index contributed by atoms with van der Waals surface area (Å²) in [4.78, 5) is 12.5. The molecule has 1 aromatic carbocycles. The van der Waals surface area contributed by atoms with Crippen LogP contribution in [0.3, 0.4) is 0 Å². The fourth-order valence-electron chi connectivity index (χ4n) is 1.02. The molecule has 0 aliphatic heterocycles. The Morgan fingerprint density at radius 1 is 1.14 bits per heavy atom. The summed E-state index contributed by atoms with van der Waals surface area (Å²) in [5.74, 6) is 0. The maximum absolute atomic E-state index is 8.36. The van der Waals surface area contributed by atoms with Crippen molar-refractivity contribution in [3.63, 3.8) is 0 Å². The monoisotopic (exact) mass is 255 g/mol. The van der Waals surface area contributed by atoms with E-state index in [1.54, 1.807) is 0 Å². The fourth-order valence-corrected chi connectivity index (χ4v) is 1.02. The number of hydrogen-bond acceptors (Lipinski definition) is 2. The van der Waals surface area contributed by atoms with E-state index in [0.29, 0.717) is 0 Å². The Kier molecular flexibility index (Phi) is 6.32. The van der Waals surface area contributed by atoms with Gasteiger partial charge in [-0.25, -0.2) is 0 Å². The van der Waals surface area contributed by atoms with Crippen LogP contribution in [0.15, 0.2) is 42.6 Å². The fraction of sp³-hybridized carbons (Fsp3) is 0. The van der Waals surface area contributed by atoms with E-state index in [-0.39, 0.29) is 23.5 Å². The number of hydrogen-bond donors (Lipinski definition) is 1. The summed E-state index contributed by atoms with van der Waals surface area (Å²) in [5, 5.41) is 8.09. The van der Waals surface area contributed by atoms with Crippen LogP contribution in [-0.4, -0.2) is 16.6 Å². The molecule has 0 fully saturated rings. The van der Waals surface area contributed by atoms with Crippen molar-refractivity contribution in [3.8, 4) is 0 Å². The average Bonchev–Trinajstić information content (AvgIpc) is 2.19. The van der Waals surface area contributed by atoms with Gasteiger partial charge >= 0.3 is 0 Å². The lowest BCUT2D eigenvalue weighted by Crippen LogP contribution is -1.73. The highest BCUT2D eigenvalue weighted by Gasteiger charge is 1.86. The molecule has 1 N–H and O–H groups in total. The van der Waals surface area contributed by atoms with E-state index < -0.39 is 0 Å². The second kappa shape index (κ2) is 7.03. The van der Waals surface area contributed by atoms with Gasteiger partial charge in [0.25, 0.3) is 6.47 Å². The molecule has 4 heteroatoms. The Balaban J connectivity index is 0.000000381. The Bertz CT molecular complexity index is 327. The molecule has 0 aliphatic carbocycles. The molecule has 14 heavy (non-hydrogen) atoms. The average molecular weight is 256 g/mol. The third-order valence-corrected chi connectivity index (χ3v) is 1.51. The highest BCUT2D eigenvalue weighted by molar-refractivity contribution is 8.93. The second-order valence-electron chi connectivity index (χ2n) is 2.30. The smallest absolute Gasteiger partial charge is 0.290 e. The molecule has 1 aromatic heterocycles. The third-order valence-electron chi connectivity index (χ3n) is 1.51. The van der Waals surface area contributed by atoms with Crippen LogP contribution in [0.1, 0.15) is 0 Å². The van der Waals surface area contributed by atoms with E-state index in [2.05, 4.69) is 17.1 Å². The van der Waals surface area contributed by atoms with Gasteiger partial charge in [0.05, 0.1) is 5.52 Å². The molecule has 2 aromatic rings. The largest absolute Gasteiger partial charge is 0.483 e. The van der Waals surface area contributed by atoms with Gasteiger partial charge in [0.15, 0.2) is 0 Å². The highest BCUT2D eigenvalue weighted by Crippen LogP contribution is 2.07. The van der Waals surface area contributed by atoms with Gasteiger partial charge in [0, 0.05) is 11.6 Å². The number of carbonyl (C=O) groups is 1. The van der Waals surface area contributed by atoms with Gasteiger partial charge in [-0.2, -0.15) is 0 Å². The minimum absolute atomic E-state index is 0. The van der Waals surface area contributed by atoms with Crippen LogP contribution in [0.5, 0.6) is 0 Å². The molecule has 0 atom stereocenters. The van der Waals surface area contributed by atoms with Crippen molar-refractivity contribution in [2.45, 2.75) is 0 Å². The maximum atomic E-state index is 8.36. The van der Waals surface area contributed by atoms with Gasteiger partial charge < -0.3 is 5.11 Å². The molecular formula is C10H10BrNO2. The van der Waals surface area contributed by atoms with E-state index in [4.69, 9.17) is 9.90 Å². The van der Waals surface area contributed by atoms with Gasteiger partial charge in [-0.15, -0.1) is 17.0 Å². The van der Waals surface area contributed by atoms with Crippen LogP contribution in [-0.2, 0) is 4.79 Å². The lowest BCUT2D eigenvalue weighted by atomic mass is 10.2. The van der Waals surface area contributed by atoms with Crippen molar-refractivity contribution in [2.24, 2.45) is 0 Å². The normalized spacial score (nSPS) is 8.00. The molecule has 0 amide bonds. The summed E-state index contributed by atoms with van der Waals surface area (Å²) < 4.78 is 0. The van der Waals surface area contributed by atoms with E-state index in [1.165, 1.54) is 5.39 Å². The van der Waals surface area contributed by atoms with Gasteiger partial charge in [-0.3, -0.25) is 9.78 Å². The molecule has 1 heterocycles. The van der Waals surface area contributed by atoms with Gasteiger partial charge in [-0.05, 0) is 12.1 Å². The van der Waals surface area contributed by atoms with E-state index in [0.717, 1.165) is 5.52 Å². The van der Waals surface area contributed by atoms with Gasteiger partial charge in [0.2, 0.25) is 0 Å². The summed E-state index contributed by atoms with van der Waals surface area (Å²) in [6, 6.07) is 12.1. The third kappa shape index (κ3) is 3.53. The molecule has 0 bridgehead atoms. The minimum atomic E-state index is -0.250. The van der Waals surface area contributed by atoms with Crippen LogP contribution < -0.4 is 0 Å². The van der Waals surface area contributed by atoms with Crippen LogP contribution >= 0.6 is 17.0 Å². The summed E-state index contributed by atoms with van der Waals surface area (Å²) in [7, 11) is 0. The van der Waals surface area contributed by atoms with Crippen LogP contribution in [0, 0.1) is 0 Å². The summed E-state index contributed by atoms with van der Waals surface area (Å²) >= 11 is 0. The quantitative estimate of drug-likeness (QED) is 0.737. The van der Waals surface area contributed by atoms with E-state index in [9.17, 15) is 0 Å². The van der Waals surface area contributed by atoms with Crippen molar-refractivity contribution in [1.82, 2.24) is 4.98 Å². The van der Waals surface area contributed by atoms with Gasteiger partial charge in [-0.1, -0.05) is 24.3 Å². The zero-order valence-corrected chi connectivity index (χ0v) is 9.04. The zero-order valence-electron chi connectivity index (χ0n) is 7.33. The molecule has 74 valence electrons. The van der Waals surface area contributed by atoms with Crippen molar-refractivity contribution >= 4 is 34.4 Å². The molecule has 2 rings (SSSR count). The second-order valence-corrected chi connectivity index (χ2v) is 2.30. The number of para-hydroxylation sites is 1. The van der Waals surface area contributed by atoms with Gasteiger partial charge in [0.1, 0.15) is 0 Å². The molecule has 0 spiro atoms. The number of rotatable bonds is 0. The SMILES string of the molecule is Br.O=CO.c1ccc2ncccc2c1. The van der Waals surface area contributed by atoms with E-state index in [1.807, 2.05) is 30.5 Å². The van der Waals surface area contributed by atoms with E-state index >= 15 is 0 Å². The van der Waals surface area contributed by atoms with Crippen molar-refractivity contribution in [2.75, 3.05) is 0 Å². The number of pyridine rings is 1. The number of halogens is 1. The Morgan fingerprint density at radius 2 is 1.71 bits per heavy atom. The van der Waals surface area contributed by atoms with Crippen molar-refractivity contribution in [1.29, 1.82) is 0 Å². The zero-order chi connectivity index (χ0) is 9.52. The standard InChI is InChI=1S/C9H7N.CH2O2.BrH/c1-2-6-9-8(4-1)5-3-7-10-9;2-1-3;/h1-7H;1H,(H,2,3);1H. The summed E-state index contributed by atoms with van der Waals surface area (Å²) in [6.45, 7) is -0.250. The summed E-state index contributed by atoms with van der Waals surface area (Å²) in [6.07, 6.45) is 1.81. The lowest BCUT2D eigenvalue weighted by molar-refractivity contribution is -0.122. The van der Waals surface area contributed by atoms with Crippen LogP contribution in [0.4, 0.5) is 0 Å². The number of benzene rings is 1. The first-order valence-corrected chi connectivity index (χ1v) is 3.76. The maximum Gasteiger partial charge on any atom is 0.290 e. The van der Waals surface area contributed by atoms with Crippen LogP contribution in [0.25, 0.3) is 10.9 Å². The first-order chi connectivity index (χ1) is 6.38. The predicted molar refractivity (Wildman–Crippen MR) is 60.8 cm³/mol. The number of aromatic nitrogens is 1. The minimum Gasteiger partial charge on any atom is -0.483 e.